The SMILES string of the molecule is Cc1ccc(CNCCCCCC(=O)O)o1. The molecule has 4 nitrogen and oxygen atoms in total. The number of carboxylic acids is 1. The Kier molecular flexibility index (Phi) is 5.64. The molecular formula is C12H19NO3. The highest BCUT2D eigenvalue weighted by Crippen LogP contribution is 2.05. The van der Waals surface area contributed by atoms with E-state index in [4.69, 9.17) is 9.52 Å². The van der Waals surface area contributed by atoms with Crippen LogP contribution in [0.4, 0.5) is 0 Å². The van der Waals surface area contributed by atoms with Gasteiger partial charge in [-0.05, 0) is 38.4 Å². The lowest BCUT2D eigenvalue weighted by atomic mass is 10.2. The van der Waals surface area contributed by atoms with Gasteiger partial charge in [0.25, 0.3) is 0 Å². The van der Waals surface area contributed by atoms with E-state index in [1.54, 1.807) is 0 Å². The summed E-state index contributed by atoms with van der Waals surface area (Å²) >= 11 is 0. The van der Waals surface area contributed by atoms with Gasteiger partial charge in [-0.15, -0.1) is 0 Å². The number of carboxylic acid groups (broad SMARTS) is 1. The van der Waals surface area contributed by atoms with Gasteiger partial charge in [0.05, 0.1) is 6.54 Å². The van der Waals surface area contributed by atoms with Crippen LogP contribution in [0.15, 0.2) is 16.5 Å². The van der Waals surface area contributed by atoms with Gasteiger partial charge >= 0.3 is 5.97 Å². The molecule has 4 heteroatoms. The van der Waals surface area contributed by atoms with Crippen molar-refractivity contribution in [1.29, 1.82) is 0 Å². The predicted molar refractivity (Wildman–Crippen MR) is 61.3 cm³/mol. The Morgan fingerprint density at radius 2 is 2.19 bits per heavy atom. The molecule has 1 aromatic rings. The Morgan fingerprint density at radius 3 is 2.81 bits per heavy atom. The molecule has 2 N–H and O–H groups in total. The van der Waals surface area contributed by atoms with E-state index in [0.29, 0.717) is 0 Å². The third-order valence-electron chi connectivity index (χ3n) is 2.34. The fraction of sp³-hybridized carbons (Fsp3) is 0.583. The van der Waals surface area contributed by atoms with Gasteiger partial charge in [0.1, 0.15) is 11.5 Å². The predicted octanol–water partition coefficient (Wildman–Crippen LogP) is 2.32. The summed E-state index contributed by atoms with van der Waals surface area (Å²) in [4.78, 5) is 10.2. The van der Waals surface area contributed by atoms with Gasteiger partial charge in [-0.1, -0.05) is 6.42 Å². The van der Waals surface area contributed by atoms with Crippen LogP contribution in [0.3, 0.4) is 0 Å². The maximum absolute atomic E-state index is 10.2. The van der Waals surface area contributed by atoms with Crippen molar-refractivity contribution in [1.82, 2.24) is 5.32 Å². The lowest BCUT2D eigenvalue weighted by Crippen LogP contribution is -2.14. The van der Waals surface area contributed by atoms with Gasteiger partial charge < -0.3 is 14.8 Å². The monoisotopic (exact) mass is 225 g/mol. The number of unbranched alkanes of at least 4 members (excludes halogenated alkanes) is 2. The summed E-state index contributed by atoms with van der Waals surface area (Å²) in [5.74, 6) is 1.17. The molecule has 1 heterocycles. The molecule has 0 bridgehead atoms. The molecule has 1 aromatic heterocycles. The fourth-order valence-corrected chi connectivity index (χ4v) is 1.49. The Morgan fingerprint density at radius 1 is 1.38 bits per heavy atom. The minimum Gasteiger partial charge on any atom is -0.481 e. The number of carbonyl (C=O) groups is 1. The van der Waals surface area contributed by atoms with Crippen LogP contribution < -0.4 is 5.32 Å². The van der Waals surface area contributed by atoms with E-state index in [9.17, 15) is 4.79 Å². The lowest BCUT2D eigenvalue weighted by Gasteiger charge is -2.02. The van der Waals surface area contributed by atoms with Crippen LogP contribution in [0.2, 0.25) is 0 Å². The van der Waals surface area contributed by atoms with Crippen molar-refractivity contribution in [2.45, 2.75) is 39.2 Å². The summed E-state index contributed by atoms with van der Waals surface area (Å²) < 4.78 is 5.40. The van der Waals surface area contributed by atoms with Crippen LogP contribution in [0.5, 0.6) is 0 Å². The zero-order valence-corrected chi connectivity index (χ0v) is 9.66. The Balaban J connectivity index is 1.94. The average molecular weight is 225 g/mol. The molecular weight excluding hydrogens is 206 g/mol. The molecule has 0 unspecified atom stereocenters. The molecule has 0 spiro atoms. The number of hydrogen-bond acceptors (Lipinski definition) is 3. The fourth-order valence-electron chi connectivity index (χ4n) is 1.49. The Bertz CT molecular complexity index is 320. The summed E-state index contributed by atoms with van der Waals surface area (Å²) in [6.07, 6.45) is 3.00. The van der Waals surface area contributed by atoms with E-state index >= 15 is 0 Å². The topological polar surface area (TPSA) is 62.5 Å². The summed E-state index contributed by atoms with van der Waals surface area (Å²) in [5.41, 5.74) is 0. The first-order chi connectivity index (χ1) is 7.68. The summed E-state index contributed by atoms with van der Waals surface area (Å²) in [6, 6.07) is 3.91. The van der Waals surface area contributed by atoms with Crippen molar-refractivity contribution < 1.29 is 14.3 Å². The molecule has 0 saturated heterocycles. The third kappa shape index (κ3) is 5.56. The highest BCUT2D eigenvalue weighted by Gasteiger charge is 1.98. The smallest absolute Gasteiger partial charge is 0.303 e. The second kappa shape index (κ2) is 7.06. The minimum absolute atomic E-state index is 0.275. The maximum atomic E-state index is 10.2. The van der Waals surface area contributed by atoms with Gasteiger partial charge in [-0.25, -0.2) is 0 Å². The van der Waals surface area contributed by atoms with E-state index in [1.165, 1.54) is 0 Å². The summed E-state index contributed by atoms with van der Waals surface area (Å²) in [7, 11) is 0. The molecule has 0 saturated carbocycles. The first-order valence-electron chi connectivity index (χ1n) is 5.66. The molecule has 1 rings (SSSR count). The van der Waals surface area contributed by atoms with E-state index in [2.05, 4.69) is 5.32 Å². The van der Waals surface area contributed by atoms with Crippen LogP contribution in [0.1, 0.15) is 37.2 Å². The molecule has 0 aliphatic carbocycles. The molecule has 0 amide bonds. The van der Waals surface area contributed by atoms with Crippen molar-refractivity contribution in [3.8, 4) is 0 Å². The second-order valence-corrected chi connectivity index (χ2v) is 3.89. The van der Waals surface area contributed by atoms with Gasteiger partial charge in [0, 0.05) is 6.42 Å². The van der Waals surface area contributed by atoms with Gasteiger partial charge in [-0.3, -0.25) is 4.79 Å². The van der Waals surface area contributed by atoms with E-state index in [0.717, 1.165) is 43.9 Å². The number of aryl methyl sites for hydroxylation is 1. The average Bonchev–Trinajstić information content (AvgIpc) is 2.62. The van der Waals surface area contributed by atoms with Crippen molar-refractivity contribution >= 4 is 5.97 Å². The second-order valence-electron chi connectivity index (χ2n) is 3.89. The first kappa shape index (κ1) is 12.8. The number of rotatable bonds is 8. The van der Waals surface area contributed by atoms with Gasteiger partial charge in [0.15, 0.2) is 0 Å². The molecule has 0 aliphatic heterocycles. The Hall–Kier alpha value is -1.29. The molecule has 0 radical (unpaired) electrons. The lowest BCUT2D eigenvalue weighted by molar-refractivity contribution is -0.137. The van der Waals surface area contributed by atoms with Gasteiger partial charge in [-0.2, -0.15) is 0 Å². The van der Waals surface area contributed by atoms with E-state index in [1.807, 2.05) is 19.1 Å². The molecule has 16 heavy (non-hydrogen) atoms. The van der Waals surface area contributed by atoms with E-state index in [-0.39, 0.29) is 6.42 Å². The van der Waals surface area contributed by atoms with Gasteiger partial charge in [0.2, 0.25) is 0 Å². The van der Waals surface area contributed by atoms with Crippen molar-refractivity contribution in [3.05, 3.63) is 23.7 Å². The van der Waals surface area contributed by atoms with Crippen LogP contribution in [0.25, 0.3) is 0 Å². The summed E-state index contributed by atoms with van der Waals surface area (Å²) in [5, 5.41) is 11.7. The number of nitrogens with one attached hydrogen (secondary N) is 1. The number of furan rings is 1. The Labute approximate surface area is 95.7 Å². The molecule has 0 fully saturated rings. The first-order valence-corrected chi connectivity index (χ1v) is 5.66. The maximum Gasteiger partial charge on any atom is 0.303 e. The van der Waals surface area contributed by atoms with Crippen molar-refractivity contribution in [3.63, 3.8) is 0 Å². The van der Waals surface area contributed by atoms with E-state index < -0.39 is 5.97 Å². The van der Waals surface area contributed by atoms with Crippen molar-refractivity contribution in [2.75, 3.05) is 6.54 Å². The minimum atomic E-state index is -0.709. The molecule has 90 valence electrons. The quantitative estimate of drug-likeness (QED) is 0.666. The third-order valence-corrected chi connectivity index (χ3v) is 2.34. The number of hydrogen-bond donors (Lipinski definition) is 2. The van der Waals surface area contributed by atoms with Crippen LogP contribution in [-0.4, -0.2) is 17.6 Å². The molecule has 0 atom stereocenters. The summed E-state index contributed by atoms with van der Waals surface area (Å²) in [6.45, 7) is 3.57. The normalized spacial score (nSPS) is 10.6. The van der Waals surface area contributed by atoms with Crippen molar-refractivity contribution in [2.24, 2.45) is 0 Å². The number of aliphatic carboxylic acids is 1. The van der Waals surface area contributed by atoms with Crippen LogP contribution in [0, 0.1) is 6.92 Å². The standard InChI is InChI=1S/C12H19NO3/c1-10-6-7-11(16-10)9-13-8-4-2-3-5-12(14)15/h6-7,13H,2-5,8-9H2,1H3,(H,14,15). The highest BCUT2D eigenvalue weighted by molar-refractivity contribution is 5.66. The largest absolute Gasteiger partial charge is 0.481 e. The molecule has 0 aliphatic rings. The zero-order chi connectivity index (χ0) is 11.8. The zero-order valence-electron chi connectivity index (χ0n) is 9.66. The van der Waals surface area contributed by atoms with Crippen LogP contribution >= 0.6 is 0 Å². The van der Waals surface area contributed by atoms with Crippen LogP contribution in [-0.2, 0) is 11.3 Å². The molecule has 0 aromatic carbocycles. The highest BCUT2D eigenvalue weighted by atomic mass is 16.4.